The zero-order chi connectivity index (χ0) is 34.7. The van der Waals surface area contributed by atoms with Crippen LogP contribution in [0.25, 0.3) is 22.2 Å². The van der Waals surface area contributed by atoms with Crippen molar-refractivity contribution in [2.45, 2.75) is 103 Å². The van der Waals surface area contributed by atoms with Crippen LogP contribution in [0.1, 0.15) is 79.2 Å². The minimum atomic E-state index is -4.69. The molecule has 1 aliphatic rings. The number of alkyl carbamates (subject to hydrolysis) is 1. The summed E-state index contributed by atoms with van der Waals surface area (Å²) in [7, 11) is -4.47. The highest BCUT2D eigenvalue weighted by atomic mass is 32.2. The van der Waals surface area contributed by atoms with Crippen molar-refractivity contribution in [1.82, 2.24) is 19.9 Å². The molecule has 16 heteroatoms. The van der Waals surface area contributed by atoms with Crippen molar-refractivity contribution in [1.29, 1.82) is 0 Å². The molecule has 0 bridgehead atoms. The lowest BCUT2D eigenvalue weighted by atomic mass is 9.91. The fourth-order valence-corrected chi connectivity index (χ4v) is 6.36. The van der Waals surface area contributed by atoms with E-state index in [0.717, 1.165) is 37.8 Å². The molecule has 0 spiro atoms. The van der Waals surface area contributed by atoms with E-state index >= 15 is 4.39 Å². The van der Waals surface area contributed by atoms with Gasteiger partial charge in [0.1, 0.15) is 17.1 Å². The van der Waals surface area contributed by atoms with Crippen molar-refractivity contribution in [2.24, 2.45) is 0 Å². The lowest BCUT2D eigenvalue weighted by Gasteiger charge is -2.30. The summed E-state index contributed by atoms with van der Waals surface area (Å²) in [5, 5.41) is 6.75. The van der Waals surface area contributed by atoms with Gasteiger partial charge in [0.15, 0.2) is 0 Å². The van der Waals surface area contributed by atoms with E-state index in [1.807, 2.05) is 18.6 Å². The largest absolute Gasteiger partial charge is 0.444 e. The van der Waals surface area contributed by atoms with Crippen LogP contribution in [0.5, 0.6) is 0 Å². The van der Waals surface area contributed by atoms with Gasteiger partial charge < -0.3 is 15.4 Å². The van der Waals surface area contributed by atoms with Crippen LogP contribution < -0.4 is 20.9 Å². The predicted octanol–water partition coefficient (Wildman–Crippen LogP) is 6.51. The molecule has 4 rings (SSSR count). The Hall–Kier alpha value is -3.95. The van der Waals surface area contributed by atoms with E-state index in [1.54, 1.807) is 27.0 Å². The molecular weight excluding hydrogens is 644 g/mol. The Kier molecular flexibility index (Phi) is 10.7. The van der Waals surface area contributed by atoms with Gasteiger partial charge in [0.05, 0.1) is 17.9 Å². The van der Waals surface area contributed by atoms with Crippen LogP contribution in [-0.4, -0.2) is 58.7 Å². The zero-order valence-electron chi connectivity index (χ0n) is 26.9. The maximum Gasteiger partial charge on any atom is 0.407 e. The van der Waals surface area contributed by atoms with Crippen molar-refractivity contribution < 1.29 is 35.5 Å². The summed E-state index contributed by atoms with van der Waals surface area (Å²) in [4.78, 5) is 35.1. The number of nitrogens with zero attached hydrogens (tertiary/aromatic N) is 3. The predicted molar refractivity (Wildman–Crippen MR) is 171 cm³/mol. The summed E-state index contributed by atoms with van der Waals surface area (Å²) in [5.41, 5.74) is -0.940. The van der Waals surface area contributed by atoms with E-state index < -0.39 is 57.1 Å². The van der Waals surface area contributed by atoms with E-state index in [2.05, 4.69) is 20.6 Å². The molecule has 1 aliphatic carbocycles. The van der Waals surface area contributed by atoms with Gasteiger partial charge >= 0.3 is 12.3 Å². The molecule has 1 atom stereocenters. The fraction of sp³-hybridized carbons (Fsp3) is 0.548. The van der Waals surface area contributed by atoms with Crippen molar-refractivity contribution in [3.63, 3.8) is 0 Å². The van der Waals surface area contributed by atoms with Gasteiger partial charge in [0.25, 0.3) is 5.56 Å². The molecule has 0 radical (unpaired) electrons. The average Bonchev–Trinajstić information content (AvgIpc) is 2.96. The molecule has 0 aliphatic heterocycles. The summed E-state index contributed by atoms with van der Waals surface area (Å²) in [5.74, 6) is -1.98. The number of benzene rings is 1. The number of hydrogen-bond acceptors (Lipinski definition) is 8. The number of pyridine rings is 1. The summed E-state index contributed by atoms with van der Waals surface area (Å²) < 4.78 is 85.4. The number of fused-ring (bicyclic) bond motifs is 1. The van der Waals surface area contributed by atoms with E-state index in [0.29, 0.717) is 23.4 Å². The molecule has 47 heavy (non-hydrogen) atoms. The van der Waals surface area contributed by atoms with Crippen LogP contribution in [0.15, 0.2) is 35.3 Å². The zero-order valence-corrected chi connectivity index (χ0v) is 27.7. The molecule has 2 aromatic heterocycles. The Labute approximate surface area is 270 Å². The number of carbonyl (C=O) groups excluding carboxylic acids is 1. The first-order valence-corrected chi connectivity index (χ1v) is 17.0. The lowest BCUT2D eigenvalue weighted by molar-refractivity contribution is -0.129. The summed E-state index contributed by atoms with van der Waals surface area (Å²) in [6.45, 7) is 9.17. The number of sulfonamides is 1. The SMILES string of the molecule is CC[C@H](C)n1c(=O)c(-c2ccc(NS(=O)(=O)CCC(F)(F)F)c(F)c2)cc2cnc(N[C@H]3CC[C@H](NC(=O)OC(C)(C)C)CC3)nc21. The van der Waals surface area contributed by atoms with Gasteiger partial charge in [-0.3, -0.25) is 14.1 Å². The third-order valence-corrected chi connectivity index (χ3v) is 9.06. The molecule has 0 unspecified atom stereocenters. The second-order valence-electron chi connectivity index (χ2n) is 12.8. The van der Waals surface area contributed by atoms with Gasteiger partial charge in [-0.1, -0.05) is 13.0 Å². The van der Waals surface area contributed by atoms with Crippen molar-refractivity contribution >= 4 is 38.8 Å². The van der Waals surface area contributed by atoms with E-state index in [-0.39, 0.29) is 29.3 Å². The molecule has 11 nitrogen and oxygen atoms in total. The number of ether oxygens (including phenoxy) is 1. The smallest absolute Gasteiger partial charge is 0.407 e. The maximum absolute atomic E-state index is 15.0. The summed E-state index contributed by atoms with van der Waals surface area (Å²) >= 11 is 0. The molecule has 2 heterocycles. The molecular formula is C31H40F4N6O5S. The van der Waals surface area contributed by atoms with Crippen molar-refractivity contribution in [3.05, 3.63) is 46.6 Å². The first-order chi connectivity index (χ1) is 21.8. The molecule has 3 N–H and O–H groups in total. The summed E-state index contributed by atoms with van der Waals surface area (Å²) in [6.07, 6.45) is -1.62. The number of alkyl halides is 3. The van der Waals surface area contributed by atoms with Crippen LogP contribution in [0, 0.1) is 5.82 Å². The van der Waals surface area contributed by atoms with E-state index in [9.17, 15) is 31.2 Å². The minimum absolute atomic E-state index is 0.0112. The highest BCUT2D eigenvalue weighted by molar-refractivity contribution is 7.92. The van der Waals surface area contributed by atoms with Gasteiger partial charge in [-0.15, -0.1) is 0 Å². The number of hydrogen-bond donors (Lipinski definition) is 3. The Bertz CT molecular complexity index is 1770. The normalized spacial score (nSPS) is 18.1. The third-order valence-electron chi connectivity index (χ3n) is 7.79. The topological polar surface area (TPSA) is 144 Å². The van der Waals surface area contributed by atoms with Crippen LogP contribution in [0.3, 0.4) is 0 Å². The minimum Gasteiger partial charge on any atom is -0.444 e. The monoisotopic (exact) mass is 684 g/mol. The number of aromatic nitrogens is 3. The first-order valence-electron chi connectivity index (χ1n) is 15.4. The number of rotatable bonds is 10. The van der Waals surface area contributed by atoms with Gasteiger partial charge in [0.2, 0.25) is 16.0 Å². The first kappa shape index (κ1) is 35.9. The molecule has 1 amide bonds. The average molecular weight is 685 g/mol. The molecule has 3 aromatic rings. The van der Waals surface area contributed by atoms with Gasteiger partial charge in [-0.25, -0.2) is 22.6 Å². The Balaban J connectivity index is 1.54. The number of amides is 1. The molecule has 1 fully saturated rings. The van der Waals surface area contributed by atoms with Crippen LogP contribution in [0.2, 0.25) is 0 Å². The second kappa shape index (κ2) is 14.0. The van der Waals surface area contributed by atoms with Gasteiger partial charge in [-0.2, -0.15) is 18.2 Å². The van der Waals surface area contributed by atoms with Crippen LogP contribution in [-0.2, 0) is 14.8 Å². The fourth-order valence-electron chi connectivity index (χ4n) is 5.26. The second-order valence-corrected chi connectivity index (χ2v) is 14.6. The standard InChI is InChI=1S/C31H40F4N6O5S/c1-6-18(2)41-26-20(17-36-28(39-26)37-21-8-10-22(11-9-21)38-29(43)46-30(3,4)5)15-23(27(41)42)19-7-12-25(24(32)16-19)40-47(44,45)14-13-31(33,34)35/h7,12,15-18,21-22,40H,6,8-11,13-14H2,1-5H3,(H,38,43)(H,36,37,39)/t18-,21-,22-/m0/s1. The van der Waals surface area contributed by atoms with Crippen molar-refractivity contribution in [3.8, 4) is 11.1 Å². The maximum atomic E-state index is 15.0. The quantitative estimate of drug-likeness (QED) is 0.205. The van der Waals surface area contributed by atoms with Gasteiger partial charge in [0, 0.05) is 35.3 Å². The van der Waals surface area contributed by atoms with Gasteiger partial charge in [-0.05, 0) is 83.6 Å². The van der Waals surface area contributed by atoms with E-state index in [1.165, 1.54) is 16.7 Å². The highest BCUT2D eigenvalue weighted by Crippen LogP contribution is 2.29. The number of carbonyl (C=O) groups is 1. The molecule has 1 saturated carbocycles. The Morgan fingerprint density at radius 2 is 1.77 bits per heavy atom. The number of halogens is 4. The lowest BCUT2D eigenvalue weighted by Crippen LogP contribution is -2.42. The number of anilines is 2. The molecule has 0 saturated heterocycles. The number of nitrogens with one attached hydrogen (secondary N) is 3. The van der Waals surface area contributed by atoms with Crippen molar-refractivity contribution in [2.75, 3.05) is 15.8 Å². The molecule has 1 aromatic carbocycles. The van der Waals surface area contributed by atoms with Crippen LogP contribution >= 0.6 is 0 Å². The van der Waals surface area contributed by atoms with Crippen LogP contribution in [0.4, 0.5) is 34.0 Å². The third kappa shape index (κ3) is 9.78. The Morgan fingerprint density at radius 1 is 1.11 bits per heavy atom. The highest BCUT2D eigenvalue weighted by Gasteiger charge is 2.30. The van der Waals surface area contributed by atoms with E-state index in [4.69, 9.17) is 4.74 Å². The Morgan fingerprint density at radius 3 is 2.36 bits per heavy atom. The summed E-state index contributed by atoms with van der Waals surface area (Å²) in [6, 6.07) is 4.59. The molecule has 258 valence electrons.